The smallest absolute Gasteiger partial charge is 0.462 e. The van der Waals surface area contributed by atoms with E-state index in [9.17, 15) is 19.0 Å². The lowest BCUT2D eigenvalue weighted by Crippen LogP contribution is -2.29. The maximum Gasteiger partial charge on any atom is 0.472 e. The lowest BCUT2D eigenvalue weighted by Gasteiger charge is -2.19. The summed E-state index contributed by atoms with van der Waals surface area (Å²) in [5, 5.41) is 0. The molecule has 1 N–H and O–H groups in total. The van der Waals surface area contributed by atoms with Crippen molar-refractivity contribution in [2.75, 3.05) is 20.3 Å². The third-order valence-corrected chi connectivity index (χ3v) is 11.2. The average Bonchev–Trinajstić information content (AvgIpc) is 3.23. The maximum atomic E-state index is 12.5. The molecule has 9 heteroatoms. The molecule has 0 aliphatic heterocycles. The van der Waals surface area contributed by atoms with Gasteiger partial charge in [-0.05, 0) is 77.0 Å². The van der Waals surface area contributed by atoms with Crippen LogP contribution in [0.3, 0.4) is 0 Å². The molecule has 0 amide bonds. The zero-order valence-corrected chi connectivity index (χ0v) is 39.0. The number of hydrogen-bond donors (Lipinski definition) is 1. The van der Waals surface area contributed by atoms with Gasteiger partial charge in [0, 0.05) is 20.0 Å². The minimum atomic E-state index is -4.27. The Morgan fingerprint density at radius 1 is 0.492 bits per heavy atom. The van der Waals surface area contributed by atoms with Crippen molar-refractivity contribution in [1.82, 2.24) is 0 Å². The van der Waals surface area contributed by atoms with Crippen molar-refractivity contribution in [3.05, 3.63) is 60.8 Å². The van der Waals surface area contributed by atoms with E-state index in [0.29, 0.717) is 6.42 Å². The molecule has 2 atom stereocenters. The molecule has 0 aromatic rings. The van der Waals surface area contributed by atoms with Gasteiger partial charge >= 0.3 is 19.8 Å². The summed E-state index contributed by atoms with van der Waals surface area (Å²) < 4.78 is 32.1. The van der Waals surface area contributed by atoms with Crippen molar-refractivity contribution in [3.8, 4) is 0 Å². The topological polar surface area (TPSA) is 108 Å². The number of phosphoric ester groups is 1. The Balaban J connectivity index is 3.93. The molecule has 0 saturated heterocycles. The molecule has 0 aromatic carbocycles. The van der Waals surface area contributed by atoms with E-state index in [2.05, 4.69) is 79.1 Å². The first-order valence-corrected chi connectivity index (χ1v) is 25.5. The minimum absolute atomic E-state index is 0.231. The van der Waals surface area contributed by atoms with E-state index in [0.717, 1.165) is 77.7 Å². The van der Waals surface area contributed by atoms with Crippen LogP contribution in [-0.4, -0.2) is 43.3 Å². The van der Waals surface area contributed by atoms with E-state index in [1.807, 2.05) is 0 Å². The Labute approximate surface area is 362 Å². The average molecular weight is 849 g/mol. The number of allylic oxidation sites excluding steroid dienone is 10. The summed E-state index contributed by atoms with van der Waals surface area (Å²) in [6.07, 6.45) is 57.1. The molecule has 2 unspecified atom stereocenters. The van der Waals surface area contributed by atoms with Gasteiger partial charge < -0.3 is 14.4 Å². The number of esters is 2. The quantitative estimate of drug-likeness (QED) is 0.0279. The maximum absolute atomic E-state index is 12.5. The Hall–Kier alpha value is -2.25. The van der Waals surface area contributed by atoms with Crippen LogP contribution in [0.5, 0.6) is 0 Å². The molecule has 0 aliphatic carbocycles. The van der Waals surface area contributed by atoms with Crippen LogP contribution in [0.2, 0.25) is 0 Å². The van der Waals surface area contributed by atoms with Gasteiger partial charge in [-0.15, -0.1) is 0 Å². The molecule has 8 nitrogen and oxygen atoms in total. The molecule has 0 fully saturated rings. The molecule has 0 aromatic heterocycles. The first-order chi connectivity index (χ1) is 28.8. The second kappa shape index (κ2) is 45.3. The molecular formula is C50H89O8P. The van der Waals surface area contributed by atoms with Gasteiger partial charge in [0.2, 0.25) is 0 Å². The SMILES string of the molecule is CC/C=C\C/C=C\C/C=C\CCCCCCCCCC(=O)OC(COC(=O)CCCCCCCCCCCCC/C=C\C/C=C\CCCCCCC)COP(=O)(O)OC. The standard InChI is InChI=1S/C50H89O8P/c1-4-6-8-10-12-14-16-18-20-22-23-24-25-26-27-29-30-32-34-36-38-40-42-44-49(51)56-46-48(47-57-59(53,54)55-3)58-50(52)45-43-41-39-37-35-33-31-28-21-19-17-15-13-11-9-7-5-2/h7,9,13,15-16,18-19,21-23,48H,4-6,8,10-12,14,17,20,24-47H2,1-3H3,(H,53,54)/b9-7-,15-13-,18-16-,21-19-,23-22-. The second-order valence-corrected chi connectivity index (χ2v) is 17.4. The van der Waals surface area contributed by atoms with Crippen molar-refractivity contribution in [2.45, 2.75) is 225 Å². The number of rotatable bonds is 44. The largest absolute Gasteiger partial charge is 0.472 e. The summed E-state index contributed by atoms with van der Waals surface area (Å²) in [5.41, 5.74) is 0. The molecule has 59 heavy (non-hydrogen) atoms. The first kappa shape index (κ1) is 56.8. The third-order valence-electron chi connectivity index (χ3n) is 10.2. The van der Waals surface area contributed by atoms with Gasteiger partial charge in [-0.25, -0.2) is 4.57 Å². The summed E-state index contributed by atoms with van der Waals surface area (Å²) in [7, 11) is -3.21. The highest BCUT2D eigenvalue weighted by molar-refractivity contribution is 7.47. The van der Waals surface area contributed by atoms with E-state index in [-0.39, 0.29) is 25.4 Å². The van der Waals surface area contributed by atoms with Crippen LogP contribution in [0, 0.1) is 0 Å². The minimum Gasteiger partial charge on any atom is -0.462 e. The molecule has 0 heterocycles. The highest BCUT2D eigenvalue weighted by Crippen LogP contribution is 2.42. The van der Waals surface area contributed by atoms with Crippen LogP contribution in [0.25, 0.3) is 0 Å². The molecule has 0 spiro atoms. The van der Waals surface area contributed by atoms with Gasteiger partial charge in [0.15, 0.2) is 6.10 Å². The first-order valence-electron chi connectivity index (χ1n) is 24.0. The van der Waals surface area contributed by atoms with Gasteiger partial charge in [-0.3, -0.25) is 18.6 Å². The molecule has 342 valence electrons. The Kier molecular flexibility index (Phi) is 43.6. The fraction of sp³-hybridized carbons (Fsp3) is 0.760. The summed E-state index contributed by atoms with van der Waals surface area (Å²) in [4.78, 5) is 34.6. The lowest BCUT2D eigenvalue weighted by atomic mass is 10.0. The van der Waals surface area contributed by atoms with Crippen LogP contribution in [-0.2, 0) is 32.7 Å². The Morgan fingerprint density at radius 3 is 1.29 bits per heavy atom. The van der Waals surface area contributed by atoms with Gasteiger partial charge in [0.25, 0.3) is 0 Å². The molecule has 0 bridgehead atoms. The highest BCUT2D eigenvalue weighted by atomic mass is 31.2. The van der Waals surface area contributed by atoms with Gasteiger partial charge in [0.1, 0.15) is 6.61 Å². The van der Waals surface area contributed by atoms with Gasteiger partial charge in [-0.1, -0.05) is 190 Å². The van der Waals surface area contributed by atoms with E-state index < -0.39 is 26.5 Å². The summed E-state index contributed by atoms with van der Waals surface area (Å²) >= 11 is 0. The van der Waals surface area contributed by atoms with E-state index >= 15 is 0 Å². The zero-order valence-electron chi connectivity index (χ0n) is 38.1. The zero-order chi connectivity index (χ0) is 43.2. The number of unbranched alkanes of at least 4 members (excludes halogenated alkanes) is 23. The van der Waals surface area contributed by atoms with Crippen molar-refractivity contribution < 1.29 is 37.6 Å². The predicted molar refractivity (Wildman–Crippen MR) is 248 cm³/mol. The van der Waals surface area contributed by atoms with Crippen LogP contribution in [0.4, 0.5) is 0 Å². The molecule has 0 rings (SSSR count). The molecule has 0 radical (unpaired) electrons. The lowest BCUT2D eigenvalue weighted by molar-refractivity contribution is -0.161. The van der Waals surface area contributed by atoms with E-state index in [1.165, 1.54) is 116 Å². The normalized spacial score (nSPS) is 13.8. The number of hydrogen-bond acceptors (Lipinski definition) is 7. The van der Waals surface area contributed by atoms with Crippen LogP contribution >= 0.6 is 7.82 Å². The van der Waals surface area contributed by atoms with Crippen LogP contribution < -0.4 is 0 Å². The number of phosphoric acid groups is 1. The van der Waals surface area contributed by atoms with Crippen molar-refractivity contribution in [2.24, 2.45) is 0 Å². The van der Waals surface area contributed by atoms with Crippen LogP contribution in [0.15, 0.2) is 60.8 Å². The summed E-state index contributed by atoms with van der Waals surface area (Å²) in [5.74, 6) is -0.816. The van der Waals surface area contributed by atoms with E-state index in [4.69, 9.17) is 14.0 Å². The van der Waals surface area contributed by atoms with Gasteiger partial charge in [0.05, 0.1) is 6.61 Å². The molecular weight excluding hydrogens is 760 g/mol. The third kappa shape index (κ3) is 45.1. The van der Waals surface area contributed by atoms with Crippen molar-refractivity contribution in [3.63, 3.8) is 0 Å². The highest BCUT2D eigenvalue weighted by Gasteiger charge is 2.24. The van der Waals surface area contributed by atoms with E-state index in [1.54, 1.807) is 0 Å². The summed E-state index contributed by atoms with van der Waals surface area (Å²) in [6, 6.07) is 0. The van der Waals surface area contributed by atoms with Gasteiger partial charge in [-0.2, -0.15) is 0 Å². The van der Waals surface area contributed by atoms with Crippen molar-refractivity contribution in [1.29, 1.82) is 0 Å². The number of carbonyl (C=O) groups is 2. The summed E-state index contributed by atoms with van der Waals surface area (Å²) in [6.45, 7) is 3.77. The fourth-order valence-electron chi connectivity index (χ4n) is 6.59. The van der Waals surface area contributed by atoms with Crippen LogP contribution in [0.1, 0.15) is 219 Å². The molecule has 0 saturated carbocycles. The van der Waals surface area contributed by atoms with Crippen molar-refractivity contribution >= 4 is 19.8 Å². The Morgan fingerprint density at radius 2 is 0.864 bits per heavy atom. The predicted octanol–water partition coefficient (Wildman–Crippen LogP) is 15.5. The monoisotopic (exact) mass is 849 g/mol. The molecule has 0 aliphatic rings. The second-order valence-electron chi connectivity index (χ2n) is 15.9. The number of ether oxygens (including phenoxy) is 2. The number of carbonyl (C=O) groups excluding carboxylic acids is 2. The fourth-order valence-corrected chi connectivity index (χ4v) is 7.05. The Bertz CT molecular complexity index is 1140.